The molecule has 80 valence electrons. The quantitative estimate of drug-likeness (QED) is 0.560. The Hall–Kier alpha value is -1.95. The topological polar surface area (TPSA) is 96.7 Å². The summed E-state index contributed by atoms with van der Waals surface area (Å²) >= 11 is 0. The minimum Gasteiger partial charge on any atom is -0.478 e. The molecule has 6 heteroatoms. The van der Waals surface area contributed by atoms with Crippen molar-refractivity contribution in [1.29, 1.82) is 0 Å². The fourth-order valence-corrected chi connectivity index (χ4v) is 1.17. The lowest BCUT2D eigenvalue weighted by Gasteiger charge is -2.07. The van der Waals surface area contributed by atoms with Crippen LogP contribution in [0.1, 0.15) is 32.0 Å². The van der Waals surface area contributed by atoms with E-state index in [9.17, 15) is 9.59 Å². The molecule has 0 radical (unpaired) electrons. The first-order chi connectivity index (χ1) is 6.99. The lowest BCUT2D eigenvalue weighted by molar-refractivity contribution is -0.183. The van der Waals surface area contributed by atoms with E-state index in [1.165, 1.54) is 6.92 Å². The van der Waals surface area contributed by atoms with Gasteiger partial charge in [-0.15, -0.1) is 0 Å². The van der Waals surface area contributed by atoms with Crippen LogP contribution in [0.25, 0.3) is 0 Å². The number of carboxylic acid groups (broad SMARTS) is 1. The maximum Gasteiger partial charge on any atom is 0.391 e. The summed E-state index contributed by atoms with van der Waals surface area (Å²) in [6.07, 6.45) is 1.05. The summed E-state index contributed by atoms with van der Waals surface area (Å²) in [6, 6.07) is 0. The number of carbonyl (C=O) groups excluding carboxylic acids is 1. The molecule has 0 unspecified atom stereocenters. The van der Waals surface area contributed by atoms with Crippen molar-refractivity contribution in [3.8, 4) is 0 Å². The minimum absolute atomic E-state index is 0.0157. The summed E-state index contributed by atoms with van der Waals surface area (Å²) in [5.74, 6) is -2.13. The molecule has 1 aromatic rings. The van der Waals surface area contributed by atoms with E-state index in [4.69, 9.17) is 10.4 Å². The predicted octanol–water partition coefficient (Wildman–Crippen LogP) is 1.03. The second-order valence-electron chi connectivity index (χ2n) is 2.95. The van der Waals surface area contributed by atoms with Crippen molar-refractivity contribution in [2.24, 2.45) is 0 Å². The number of carboxylic acids is 1. The third-order valence-corrected chi connectivity index (χ3v) is 2.15. The molecule has 6 nitrogen and oxygen atoms in total. The normalized spacial score (nSPS) is 9.80. The van der Waals surface area contributed by atoms with E-state index in [-0.39, 0.29) is 11.3 Å². The van der Waals surface area contributed by atoms with E-state index >= 15 is 0 Å². The van der Waals surface area contributed by atoms with Crippen LogP contribution >= 0.6 is 0 Å². The molecule has 1 rings (SSSR count). The molecule has 0 amide bonds. The molecular weight excluding hydrogens is 202 g/mol. The molecule has 1 aromatic heterocycles. The molecule has 2 N–H and O–H groups in total. The van der Waals surface area contributed by atoms with Crippen LogP contribution in [-0.4, -0.2) is 27.3 Å². The second kappa shape index (κ2) is 4.05. The molecular formula is C9H9NO5. The molecule has 0 aliphatic carbocycles. The smallest absolute Gasteiger partial charge is 0.391 e. The summed E-state index contributed by atoms with van der Waals surface area (Å²) in [5, 5.41) is 16.9. The van der Waals surface area contributed by atoms with Gasteiger partial charge in [0.25, 0.3) is 0 Å². The number of hydrogen-bond donors (Lipinski definition) is 2. The Labute approximate surface area is 85.1 Å². The van der Waals surface area contributed by atoms with Gasteiger partial charge in [-0.25, -0.2) is 14.6 Å². The van der Waals surface area contributed by atoms with Crippen molar-refractivity contribution < 1.29 is 24.8 Å². The molecule has 0 fully saturated rings. The number of aromatic carboxylic acids is 1. The molecule has 0 aliphatic rings. The van der Waals surface area contributed by atoms with Crippen LogP contribution in [0.15, 0.2) is 6.20 Å². The number of rotatable bonds is 2. The van der Waals surface area contributed by atoms with Crippen molar-refractivity contribution in [3.63, 3.8) is 0 Å². The van der Waals surface area contributed by atoms with Gasteiger partial charge in [0, 0.05) is 6.20 Å². The highest BCUT2D eigenvalue weighted by Crippen LogP contribution is 2.15. The number of carbonyl (C=O) groups is 2. The van der Waals surface area contributed by atoms with Gasteiger partial charge in [0.15, 0.2) is 5.69 Å². The van der Waals surface area contributed by atoms with Crippen LogP contribution in [-0.2, 0) is 4.89 Å². The van der Waals surface area contributed by atoms with E-state index in [0.717, 1.165) is 6.20 Å². The first-order valence-electron chi connectivity index (χ1n) is 4.04. The Morgan fingerprint density at radius 2 is 1.93 bits per heavy atom. The molecule has 1 heterocycles. The highest BCUT2D eigenvalue weighted by molar-refractivity contribution is 5.93. The average molecular weight is 211 g/mol. The van der Waals surface area contributed by atoms with Crippen molar-refractivity contribution in [1.82, 2.24) is 4.98 Å². The van der Waals surface area contributed by atoms with Gasteiger partial charge in [0.05, 0.1) is 5.56 Å². The number of aromatic nitrogens is 1. The standard InChI is InChI=1S/C9H9NO5/c1-4-5(2)7(9(13)15-14)10-3-6(4)8(11)12/h3,14H,1-2H3,(H,11,12). The molecule has 0 bridgehead atoms. The summed E-state index contributed by atoms with van der Waals surface area (Å²) in [4.78, 5) is 28.8. The Morgan fingerprint density at radius 1 is 1.33 bits per heavy atom. The summed E-state index contributed by atoms with van der Waals surface area (Å²) in [5.41, 5.74) is 0.703. The van der Waals surface area contributed by atoms with Gasteiger partial charge < -0.3 is 5.11 Å². The summed E-state index contributed by atoms with van der Waals surface area (Å²) in [7, 11) is 0. The van der Waals surface area contributed by atoms with Crippen molar-refractivity contribution in [3.05, 3.63) is 28.6 Å². The van der Waals surface area contributed by atoms with E-state index in [1.807, 2.05) is 0 Å². The molecule has 0 spiro atoms. The van der Waals surface area contributed by atoms with E-state index < -0.39 is 11.9 Å². The zero-order valence-corrected chi connectivity index (χ0v) is 8.14. The number of pyridine rings is 1. The molecule has 0 atom stereocenters. The van der Waals surface area contributed by atoms with Crippen LogP contribution < -0.4 is 0 Å². The van der Waals surface area contributed by atoms with Gasteiger partial charge in [-0.05, 0) is 25.0 Å². The van der Waals surface area contributed by atoms with Crippen LogP contribution in [0.3, 0.4) is 0 Å². The summed E-state index contributed by atoms with van der Waals surface area (Å²) < 4.78 is 0. The fraction of sp³-hybridized carbons (Fsp3) is 0.222. The average Bonchev–Trinajstić information content (AvgIpc) is 2.20. The second-order valence-corrected chi connectivity index (χ2v) is 2.95. The van der Waals surface area contributed by atoms with Gasteiger partial charge in [0.1, 0.15) is 0 Å². The highest BCUT2D eigenvalue weighted by atomic mass is 17.1. The zero-order valence-electron chi connectivity index (χ0n) is 8.14. The van der Waals surface area contributed by atoms with Gasteiger partial charge in [-0.2, -0.15) is 5.26 Å². The monoisotopic (exact) mass is 211 g/mol. The number of hydrogen-bond acceptors (Lipinski definition) is 5. The van der Waals surface area contributed by atoms with Crippen LogP contribution in [0.5, 0.6) is 0 Å². The molecule has 15 heavy (non-hydrogen) atoms. The molecule has 0 saturated heterocycles. The van der Waals surface area contributed by atoms with E-state index in [2.05, 4.69) is 9.87 Å². The Balaban J connectivity index is 3.33. The molecule has 0 aromatic carbocycles. The maximum absolute atomic E-state index is 11.0. The lowest BCUT2D eigenvalue weighted by Crippen LogP contribution is -2.11. The minimum atomic E-state index is -1.12. The highest BCUT2D eigenvalue weighted by Gasteiger charge is 2.18. The first-order valence-corrected chi connectivity index (χ1v) is 4.04. The van der Waals surface area contributed by atoms with Gasteiger partial charge >= 0.3 is 11.9 Å². The number of nitrogens with zero attached hydrogens (tertiary/aromatic N) is 1. The third-order valence-electron chi connectivity index (χ3n) is 2.15. The zero-order chi connectivity index (χ0) is 11.6. The van der Waals surface area contributed by atoms with Gasteiger partial charge in [0.2, 0.25) is 0 Å². The van der Waals surface area contributed by atoms with E-state index in [0.29, 0.717) is 11.1 Å². The maximum atomic E-state index is 11.0. The van der Waals surface area contributed by atoms with Crippen LogP contribution in [0, 0.1) is 13.8 Å². The fourth-order valence-electron chi connectivity index (χ4n) is 1.17. The Kier molecular flexibility index (Phi) is 3.01. The van der Waals surface area contributed by atoms with Crippen LogP contribution in [0.4, 0.5) is 0 Å². The van der Waals surface area contributed by atoms with E-state index in [1.54, 1.807) is 6.92 Å². The molecule has 0 saturated carbocycles. The SMILES string of the molecule is Cc1c(C(=O)O)cnc(C(=O)OO)c1C. The van der Waals surface area contributed by atoms with Crippen molar-refractivity contribution in [2.45, 2.75) is 13.8 Å². The Morgan fingerprint density at radius 3 is 2.40 bits per heavy atom. The third kappa shape index (κ3) is 1.94. The van der Waals surface area contributed by atoms with Gasteiger partial charge in [-0.3, -0.25) is 4.89 Å². The lowest BCUT2D eigenvalue weighted by atomic mass is 10.0. The van der Waals surface area contributed by atoms with Crippen molar-refractivity contribution in [2.75, 3.05) is 0 Å². The van der Waals surface area contributed by atoms with Crippen molar-refractivity contribution >= 4 is 11.9 Å². The first kappa shape index (κ1) is 11.1. The Bertz CT molecular complexity index is 427. The predicted molar refractivity (Wildman–Crippen MR) is 48.7 cm³/mol. The molecule has 0 aliphatic heterocycles. The summed E-state index contributed by atoms with van der Waals surface area (Å²) in [6.45, 7) is 3.08. The van der Waals surface area contributed by atoms with Gasteiger partial charge in [-0.1, -0.05) is 0 Å². The largest absolute Gasteiger partial charge is 0.478 e. The van der Waals surface area contributed by atoms with Crippen LogP contribution in [0.2, 0.25) is 0 Å².